The minimum absolute atomic E-state index is 0.108. The largest absolute Gasteiger partial charge is 0.456 e. The average Bonchev–Trinajstić information content (AvgIpc) is 3.15. The zero-order valence-corrected chi connectivity index (χ0v) is 16.7. The van der Waals surface area contributed by atoms with Crippen LogP contribution in [0.25, 0.3) is 10.2 Å². The Labute approximate surface area is 171 Å². The maximum atomic E-state index is 12.1. The van der Waals surface area contributed by atoms with Crippen LogP contribution in [0.15, 0.2) is 48.5 Å². The molecule has 0 bridgehead atoms. The van der Waals surface area contributed by atoms with Crippen LogP contribution in [0.1, 0.15) is 28.7 Å². The summed E-state index contributed by atoms with van der Waals surface area (Å²) in [7, 11) is 0. The molecule has 0 aliphatic rings. The van der Waals surface area contributed by atoms with Crippen molar-refractivity contribution >= 4 is 44.9 Å². The molecule has 0 saturated carbocycles. The fourth-order valence-corrected chi connectivity index (χ4v) is 3.37. The van der Waals surface area contributed by atoms with Gasteiger partial charge in [-0.05, 0) is 36.4 Å². The fraction of sp³-hybridized carbons (Fsp3) is 0.238. The van der Waals surface area contributed by atoms with E-state index in [1.54, 1.807) is 31.2 Å². The number of nitrogens with zero attached hydrogens (tertiary/aromatic N) is 1. The van der Waals surface area contributed by atoms with Crippen LogP contribution in [-0.2, 0) is 25.7 Å². The summed E-state index contributed by atoms with van der Waals surface area (Å²) in [6, 6.07) is 14.1. The van der Waals surface area contributed by atoms with Crippen molar-refractivity contribution in [3.8, 4) is 0 Å². The molecule has 1 aromatic heterocycles. The number of rotatable bonds is 9. The van der Waals surface area contributed by atoms with Crippen LogP contribution in [0.5, 0.6) is 0 Å². The number of benzene rings is 2. The maximum absolute atomic E-state index is 12.1. The number of ether oxygens (including phenoxy) is 2. The van der Waals surface area contributed by atoms with Crippen molar-refractivity contribution in [3.63, 3.8) is 0 Å². The number of para-hydroxylation sites is 1. The third kappa shape index (κ3) is 5.94. The second-order valence-electron chi connectivity index (χ2n) is 6.13. The van der Waals surface area contributed by atoms with Gasteiger partial charge in [-0.25, -0.2) is 9.78 Å². The minimum Gasteiger partial charge on any atom is -0.456 e. The van der Waals surface area contributed by atoms with Gasteiger partial charge in [-0.15, -0.1) is 11.3 Å². The lowest BCUT2D eigenvalue weighted by Crippen LogP contribution is -2.18. The second kappa shape index (κ2) is 9.90. The third-order valence-electron chi connectivity index (χ3n) is 3.96. The highest BCUT2D eigenvalue weighted by molar-refractivity contribution is 7.18. The van der Waals surface area contributed by atoms with Crippen molar-refractivity contribution < 1.29 is 23.9 Å². The first-order chi connectivity index (χ1) is 14.0. The van der Waals surface area contributed by atoms with E-state index in [4.69, 9.17) is 9.47 Å². The number of ketones is 1. The number of nitrogens with one attached hydrogen (secondary N) is 1. The zero-order chi connectivity index (χ0) is 20.6. The molecule has 0 aliphatic heterocycles. The summed E-state index contributed by atoms with van der Waals surface area (Å²) >= 11 is 1.50. The first-order valence-electron chi connectivity index (χ1n) is 9.06. The van der Waals surface area contributed by atoms with Crippen molar-refractivity contribution in [2.45, 2.75) is 20.0 Å². The van der Waals surface area contributed by atoms with Gasteiger partial charge in [0.05, 0.1) is 16.8 Å². The van der Waals surface area contributed by atoms with E-state index in [-0.39, 0.29) is 31.5 Å². The molecular formula is C21H20N2O5S. The van der Waals surface area contributed by atoms with Crippen molar-refractivity contribution in [2.24, 2.45) is 0 Å². The van der Waals surface area contributed by atoms with Gasteiger partial charge in [0, 0.05) is 17.7 Å². The Morgan fingerprint density at radius 2 is 1.79 bits per heavy atom. The quantitative estimate of drug-likeness (QED) is 0.426. The van der Waals surface area contributed by atoms with E-state index >= 15 is 0 Å². The molecular weight excluding hydrogens is 392 g/mol. The SMILES string of the molecule is CCC(=O)Nc1ccc(C(=O)COC(=O)COCc2nc3ccccc3s2)cc1. The zero-order valence-electron chi connectivity index (χ0n) is 15.8. The average molecular weight is 412 g/mol. The van der Waals surface area contributed by atoms with Crippen LogP contribution < -0.4 is 5.32 Å². The maximum Gasteiger partial charge on any atom is 0.332 e. The van der Waals surface area contributed by atoms with E-state index in [9.17, 15) is 14.4 Å². The van der Waals surface area contributed by atoms with Crippen LogP contribution >= 0.6 is 11.3 Å². The Morgan fingerprint density at radius 1 is 1.03 bits per heavy atom. The summed E-state index contributed by atoms with van der Waals surface area (Å²) in [5.74, 6) is -1.06. The summed E-state index contributed by atoms with van der Waals surface area (Å²) < 4.78 is 11.4. The Kier molecular flexibility index (Phi) is 7.04. The van der Waals surface area contributed by atoms with E-state index in [2.05, 4.69) is 10.3 Å². The predicted octanol–water partition coefficient (Wildman–Crippen LogP) is 3.59. The van der Waals surface area contributed by atoms with E-state index in [0.717, 1.165) is 15.2 Å². The number of thiazole rings is 1. The van der Waals surface area contributed by atoms with Gasteiger partial charge < -0.3 is 14.8 Å². The van der Waals surface area contributed by atoms with E-state index in [1.807, 2.05) is 24.3 Å². The first kappa shape index (κ1) is 20.6. The molecule has 1 amide bonds. The Hall–Kier alpha value is -3.10. The third-order valence-corrected chi connectivity index (χ3v) is 4.97. The van der Waals surface area contributed by atoms with Gasteiger partial charge >= 0.3 is 5.97 Å². The molecule has 0 aliphatic carbocycles. The van der Waals surface area contributed by atoms with Crippen molar-refractivity contribution in [2.75, 3.05) is 18.5 Å². The molecule has 29 heavy (non-hydrogen) atoms. The van der Waals surface area contributed by atoms with Gasteiger partial charge in [0.25, 0.3) is 0 Å². The predicted molar refractivity (Wildman–Crippen MR) is 110 cm³/mol. The normalized spacial score (nSPS) is 10.7. The molecule has 150 valence electrons. The van der Waals surface area contributed by atoms with E-state index < -0.39 is 5.97 Å². The molecule has 0 atom stereocenters. The summed E-state index contributed by atoms with van der Waals surface area (Å²) in [6.07, 6.45) is 0.373. The number of hydrogen-bond donors (Lipinski definition) is 1. The molecule has 0 saturated heterocycles. The molecule has 8 heteroatoms. The topological polar surface area (TPSA) is 94.6 Å². The molecule has 0 fully saturated rings. The van der Waals surface area contributed by atoms with Gasteiger partial charge in [0.2, 0.25) is 5.91 Å². The number of carbonyl (C=O) groups is 3. The number of esters is 1. The van der Waals surface area contributed by atoms with Crippen molar-refractivity contribution in [3.05, 3.63) is 59.1 Å². The number of anilines is 1. The van der Waals surface area contributed by atoms with E-state index in [0.29, 0.717) is 17.7 Å². The van der Waals surface area contributed by atoms with Crippen LogP contribution in [0.2, 0.25) is 0 Å². The lowest BCUT2D eigenvalue weighted by atomic mass is 10.1. The van der Waals surface area contributed by atoms with Crippen LogP contribution in [0.4, 0.5) is 5.69 Å². The summed E-state index contributed by atoms with van der Waals surface area (Å²) in [4.78, 5) is 39.7. The summed E-state index contributed by atoms with van der Waals surface area (Å²) in [6.45, 7) is 1.33. The van der Waals surface area contributed by atoms with Crippen molar-refractivity contribution in [1.82, 2.24) is 4.98 Å². The number of Topliss-reactive ketones (excluding diaryl/α,β-unsaturated/α-hetero) is 1. The Bertz CT molecular complexity index is 980. The van der Waals surface area contributed by atoms with E-state index in [1.165, 1.54) is 11.3 Å². The number of fused-ring (bicyclic) bond motifs is 1. The van der Waals surface area contributed by atoms with Gasteiger partial charge in [-0.2, -0.15) is 0 Å². The van der Waals surface area contributed by atoms with Gasteiger partial charge in [0.1, 0.15) is 11.6 Å². The standard InChI is InChI=1S/C21H20N2O5S/c1-2-19(25)22-15-9-7-14(8-10-15)17(24)11-28-21(26)13-27-12-20-23-16-5-3-4-6-18(16)29-20/h3-10H,2,11-13H2,1H3,(H,22,25). The lowest BCUT2D eigenvalue weighted by molar-refractivity contribution is -0.148. The molecule has 7 nitrogen and oxygen atoms in total. The van der Waals surface area contributed by atoms with Crippen LogP contribution in [0.3, 0.4) is 0 Å². The number of amides is 1. The molecule has 0 unspecified atom stereocenters. The summed E-state index contributed by atoms with van der Waals surface area (Å²) in [5.41, 5.74) is 1.89. The molecule has 1 N–H and O–H groups in total. The number of aromatic nitrogens is 1. The Balaban J connectivity index is 1.40. The van der Waals surface area contributed by atoms with Gasteiger partial charge in [0.15, 0.2) is 12.4 Å². The van der Waals surface area contributed by atoms with Crippen LogP contribution in [0, 0.1) is 0 Å². The highest BCUT2D eigenvalue weighted by Gasteiger charge is 2.11. The second-order valence-corrected chi connectivity index (χ2v) is 7.25. The highest BCUT2D eigenvalue weighted by Crippen LogP contribution is 2.21. The smallest absolute Gasteiger partial charge is 0.332 e. The number of hydrogen-bond acceptors (Lipinski definition) is 7. The van der Waals surface area contributed by atoms with Gasteiger partial charge in [-0.3, -0.25) is 9.59 Å². The van der Waals surface area contributed by atoms with Crippen molar-refractivity contribution in [1.29, 1.82) is 0 Å². The monoisotopic (exact) mass is 412 g/mol. The highest BCUT2D eigenvalue weighted by atomic mass is 32.1. The van der Waals surface area contributed by atoms with Crippen LogP contribution in [-0.4, -0.2) is 35.9 Å². The fourth-order valence-electron chi connectivity index (χ4n) is 2.46. The van der Waals surface area contributed by atoms with Gasteiger partial charge in [-0.1, -0.05) is 19.1 Å². The first-order valence-corrected chi connectivity index (χ1v) is 9.87. The molecule has 3 rings (SSSR count). The summed E-state index contributed by atoms with van der Waals surface area (Å²) in [5, 5.41) is 3.47. The molecule has 2 aromatic carbocycles. The molecule has 0 spiro atoms. The molecule has 1 heterocycles. The minimum atomic E-state index is -0.619. The molecule has 3 aromatic rings. The Morgan fingerprint density at radius 3 is 2.52 bits per heavy atom. The number of carbonyl (C=O) groups excluding carboxylic acids is 3. The lowest BCUT2D eigenvalue weighted by Gasteiger charge is -2.06. The molecule has 0 radical (unpaired) electrons.